The molecule has 0 aliphatic heterocycles. The molecule has 2 rings (SSSR count). The highest BCUT2D eigenvalue weighted by Crippen LogP contribution is 2.41. The van der Waals surface area contributed by atoms with E-state index in [4.69, 9.17) is 12.2 Å². The second kappa shape index (κ2) is 1.88. The van der Waals surface area contributed by atoms with Crippen LogP contribution in [-0.2, 0) is 0 Å². The van der Waals surface area contributed by atoms with Crippen LogP contribution in [0.3, 0.4) is 0 Å². The van der Waals surface area contributed by atoms with E-state index in [9.17, 15) is 0 Å². The van der Waals surface area contributed by atoms with Gasteiger partial charge in [0, 0.05) is 0 Å². The van der Waals surface area contributed by atoms with Crippen LogP contribution >= 0.6 is 12.2 Å². The van der Waals surface area contributed by atoms with Gasteiger partial charge in [-0.3, -0.25) is 0 Å². The molecule has 5 heteroatoms. The molecular weight excluding hydrogens is 148 g/mol. The van der Waals surface area contributed by atoms with Crippen molar-refractivity contribution in [3.8, 4) is 0 Å². The van der Waals surface area contributed by atoms with Crippen LogP contribution in [0.2, 0.25) is 0 Å². The summed E-state index contributed by atoms with van der Waals surface area (Å²) < 4.78 is 2.41. The van der Waals surface area contributed by atoms with Crippen LogP contribution in [0.25, 0.3) is 0 Å². The molecule has 0 bridgehead atoms. The van der Waals surface area contributed by atoms with E-state index in [2.05, 4.69) is 22.4 Å². The average molecular weight is 156 g/mol. The maximum Gasteiger partial charge on any atom is 0.238 e. The molecule has 1 N–H and O–H groups in total. The van der Waals surface area contributed by atoms with Gasteiger partial charge in [0.05, 0.1) is 6.04 Å². The lowest BCUT2D eigenvalue weighted by Crippen LogP contribution is -1.97. The molecule has 0 aromatic carbocycles. The van der Waals surface area contributed by atoms with E-state index in [0.717, 1.165) is 5.92 Å². The highest BCUT2D eigenvalue weighted by Gasteiger charge is 2.35. The van der Waals surface area contributed by atoms with Crippen molar-refractivity contribution in [2.24, 2.45) is 5.92 Å². The largest absolute Gasteiger partial charge is 0.239 e. The Balaban J connectivity index is 2.35. The second-order valence-corrected chi connectivity index (χ2v) is 3.10. The van der Waals surface area contributed by atoms with Crippen LogP contribution in [0.1, 0.15) is 19.4 Å². The fourth-order valence-corrected chi connectivity index (χ4v) is 1.30. The Morgan fingerprint density at radius 1 is 1.80 bits per heavy atom. The van der Waals surface area contributed by atoms with Crippen LogP contribution in [0, 0.1) is 10.7 Å². The van der Waals surface area contributed by atoms with Gasteiger partial charge < -0.3 is 0 Å². The minimum atomic E-state index is 0.530. The van der Waals surface area contributed by atoms with Crippen LogP contribution in [0.5, 0.6) is 0 Å². The van der Waals surface area contributed by atoms with E-state index in [-0.39, 0.29) is 0 Å². The van der Waals surface area contributed by atoms with E-state index in [1.54, 1.807) is 0 Å². The first-order valence-electron chi connectivity index (χ1n) is 3.28. The topological polar surface area (TPSA) is 46.5 Å². The molecule has 0 spiro atoms. The molecule has 0 amide bonds. The summed E-state index contributed by atoms with van der Waals surface area (Å²) >= 11 is 4.91. The Kier molecular flexibility index (Phi) is 1.14. The number of nitrogens with one attached hydrogen (secondary N) is 1. The lowest BCUT2D eigenvalue weighted by Gasteiger charge is -1.93. The summed E-state index contributed by atoms with van der Waals surface area (Å²) in [4.78, 5) is 0. The molecule has 2 unspecified atom stereocenters. The number of nitrogens with zero attached hydrogens (tertiary/aromatic N) is 3. The Bertz CT molecular complexity index is 288. The average Bonchev–Trinajstić information content (AvgIpc) is 2.42. The van der Waals surface area contributed by atoms with Crippen molar-refractivity contribution in [1.29, 1.82) is 0 Å². The third kappa shape index (κ3) is 0.775. The van der Waals surface area contributed by atoms with Gasteiger partial charge in [0.1, 0.15) is 0 Å². The van der Waals surface area contributed by atoms with Gasteiger partial charge in [0.25, 0.3) is 0 Å². The van der Waals surface area contributed by atoms with Crippen molar-refractivity contribution in [2.45, 2.75) is 19.4 Å². The quantitative estimate of drug-likeness (QED) is 0.615. The van der Waals surface area contributed by atoms with Crippen LogP contribution in [0.4, 0.5) is 0 Å². The minimum Gasteiger partial charge on any atom is -0.239 e. The number of H-pyrrole nitrogens is 1. The van der Waals surface area contributed by atoms with Crippen molar-refractivity contribution >= 4 is 12.2 Å². The smallest absolute Gasteiger partial charge is 0.238 e. The molecule has 1 aromatic rings. The minimum absolute atomic E-state index is 0.530. The van der Waals surface area contributed by atoms with Crippen molar-refractivity contribution in [3.05, 3.63) is 4.77 Å². The lowest BCUT2D eigenvalue weighted by molar-refractivity contribution is 0.573. The Morgan fingerprint density at radius 2 is 2.50 bits per heavy atom. The first-order valence-corrected chi connectivity index (χ1v) is 3.69. The summed E-state index contributed by atoms with van der Waals surface area (Å²) in [6, 6.07) is 0.530. The highest BCUT2D eigenvalue weighted by atomic mass is 32.1. The number of aromatic amines is 1. The monoisotopic (exact) mass is 156 g/mol. The number of tetrazole rings is 1. The fourth-order valence-electron chi connectivity index (χ4n) is 1.08. The molecule has 1 heterocycles. The number of hydrogen-bond acceptors (Lipinski definition) is 3. The molecule has 2 atom stereocenters. The molecule has 54 valence electrons. The van der Waals surface area contributed by atoms with Crippen molar-refractivity contribution < 1.29 is 0 Å². The highest BCUT2D eigenvalue weighted by molar-refractivity contribution is 7.71. The van der Waals surface area contributed by atoms with Gasteiger partial charge in [-0.15, -0.1) is 0 Å². The predicted octanol–water partition coefficient (Wildman–Crippen LogP) is 0.917. The van der Waals surface area contributed by atoms with Gasteiger partial charge in [-0.2, -0.15) is 5.21 Å². The van der Waals surface area contributed by atoms with E-state index in [1.165, 1.54) is 6.42 Å². The second-order valence-electron chi connectivity index (χ2n) is 2.73. The number of rotatable bonds is 1. The van der Waals surface area contributed by atoms with Crippen molar-refractivity contribution in [2.75, 3.05) is 0 Å². The zero-order valence-electron chi connectivity index (χ0n) is 5.61. The van der Waals surface area contributed by atoms with Crippen LogP contribution in [-0.4, -0.2) is 20.2 Å². The first kappa shape index (κ1) is 6.03. The Morgan fingerprint density at radius 3 is 2.90 bits per heavy atom. The van der Waals surface area contributed by atoms with Gasteiger partial charge in [-0.1, -0.05) is 17.2 Å². The summed E-state index contributed by atoms with van der Waals surface area (Å²) in [7, 11) is 0. The molecule has 1 fully saturated rings. The number of hydrogen-bond donors (Lipinski definition) is 1. The summed E-state index contributed by atoms with van der Waals surface area (Å²) in [5.41, 5.74) is 0. The van der Waals surface area contributed by atoms with Gasteiger partial charge in [-0.25, -0.2) is 4.68 Å². The fraction of sp³-hybridized carbons (Fsp3) is 0.800. The molecule has 1 aromatic heterocycles. The maximum absolute atomic E-state index is 4.91. The van der Waals surface area contributed by atoms with E-state index >= 15 is 0 Å². The van der Waals surface area contributed by atoms with E-state index < -0.39 is 0 Å². The molecule has 4 nitrogen and oxygen atoms in total. The normalized spacial score (nSPS) is 30.5. The Hall–Kier alpha value is -0.710. The molecule has 1 saturated carbocycles. The summed E-state index contributed by atoms with van der Waals surface area (Å²) in [6.45, 7) is 2.19. The van der Waals surface area contributed by atoms with Crippen LogP contribution in [0.15, 0.2) is 0 Å². The molecular formula is C5H8N4S. The summed E-state index contributed by atoms with van der Waals surface area (Å²) in [6.07, 6.45) is 1.19. The SMILES string of the molecule is CC1CC1n1[nH]nnc1=S. The van der Waals surface area contributed by atoms with Gasteiger partial charge in [0.15, 0.2) is 0 Å². The first-order chi connectivity index (χ1) is 4.79. The zero-order valence-corrected chi connectivity index (χ0v) is 6.43. The van der Waals surface area contributed by atoms with Crippen molar-refractivity contribution in [3.63, 3.8) is 0 Å². The van der Waals surface area contributed by atoms with E-state index in [1.807, 2.05) is 4.68 Å². The molecule has 0 radical (unpaired) electrons. The van der Waals surface area contributed by atoms with Gasteiger partial charge in [0.2, 0.25) is 4.77 Å². The van der Waals surface area contributed by atoms with Gasteiger partial charge in [-0.05, 0) is 24.6 Å². The summed E-state index contributed by atoms with van der Waals surface area (Å²) in [5, 5.41) is 10.0. The number of aromatic nitrogens is 4. The van der Waals surface area contributed by atoms with Gasteiger partial charge >= 0.3 is 0 Å². The van der Waals surface area contributed by atoms with Crippen molar-refractivity contribution in [1.82, 2.24) is 20.2 Å². The molecule has 0 saturated heterocycles. The predicted molar refractivity (Wildman–Crippen MR) is 38.0 cm³/mol. The standard InChI is InChI=1S/C5H8N4S/c1-3-2-4(3)9-5(10)6-7-8-9/h3-4H,2H2,1H3,(H,6,8,10). The zero-order chi connectivity index (χ0) is 7.14. The van der Waals surface area contributed by atoms with E-state index in [0.29, 0.717) is 10.8 Å². The maximum atomic E-state index is 4.91. The third-order valence-electron chi connectivity index (χ3n) is 1.89. The molecule has 1 aliphatic rings. The van der Waals surface area contributed by atoms with Crippen LogP contribution < -0.4 is 0 Å². The summed E-state index contributed by atoms with van der Waals surface area (Å²) in [5.74, 6) is 0.731. The molecule has 10 heavy (non-hydrogen) atoms. The third-order valence-corrected chi connectivity index (χ3v) is 2.17. The molecule has 1 aliphatic carbocycles. The Labute approximate surface area is 63.2 Å². The lowest BCUT2D eigenvalue weighted by atomic mass is 10.5.